The van der Waals surface area contributed by atoms with E-state index in [9.17, 15) is 0 Å². The maximum absolute atomic E-state index is 5.10. The Hall–Kier alpha value is -1.16. The molecule has 0 spiro atoms. The molecule has 0 amide bonds. The molecule has 0 aromatic carbocycles. The van der Waals surface area contributed by atoms with Crippen LogP contribution in [0.15, 0.2) is 18.2 Å². The number of thiocarbonyl (C=S) groups is 1. The van der Waals surface area contributed by atoms with Gasteiger partial charge in [0.25, 0.3) is 0 Å². The van der Waals surface area contributed by atoms with Crippen molar-refractivity contribution in [3.8, 4) is 0 Å². The van der Waals surface area contributed by atoms with E-state index >= 15 is 0 Å². The Bertz CT molecular complexity index is 325. The quantitative estimate of drug-likeness (QED) is 0.763. The van der Waals surface area contributed by atoms with Crippen molar-refractivity contribution in [3.63, 3.8) is 0 Å². The van der Waals surface area contributed by atoms with Crippen LogP contribution in [0.3, 0.4) is 0 Å². The number of pyridine rings is 1. The topological polar surface area (TPSA) is 37.0 Å². The van der Waals surface area contributed by atoms with Crippen molar-refractivity contribution >= 4 is 17.3 Å². The van der Waals surface area contributed by atoms with E-state index in [0.717, 1.165) is 24.4 Å². The largest absolute Gasteiger partial charge is 0.363 e. The second-order valence-corrected chi connectivity index (χ2v) is 3.79. The Morgan fingerprint density at radius 2 is 2.20 bits per heavy atom. The smallest absolute Gasteiger partial charge is 0.166 e. The van der Waals surface area contributed by atoms with Gasteiger partial charge in [-0.1, -0.05) is 13.0 Å². The molecule has 0 saturated carbocycles. The summed E-state index contributed by atoms with van der Waals surface area (Å²) in [6.45, 7) is 5.68. The van der Waals surface area contributed by atoms with E-state index in [1.807, 2.05) is 25.1 Å². The normalized spacial score (nSPS) is 9.73. The highest BCUT2D eigenvalue weighted by atomic mass is 32.1. The molecule has 2 N–H and O–H groups in total. The number of aromatic nitrogens is 1. The summed E-state index contributed by atoms with van der Waals surface area (Å²) in [4.78, 5) is 4.38. The molecule has 3 nitrogen and oxygen atoms in total. The molecule has 0 aliphatic heterocycles. The average Bonchev–Trinajstić information content (AvgIpc) is 2.23. The fourth-order valence-corrected chi connectivity index (χ4v) is 1.34. The summed E-state index contributed by atoms with van der Waals surface area (Å²) in [7, 11) is 0. The van der Waals surface area contributed by atoms with Crippen LogP contribution in [0.5, 0.6) is 0 Å². The van der Waals surface area contributed by atoms with Gasteiger partial charge in [0.05, 0.1) is 12.2 Å². The van der Waals surface area contributed by atoms with Crippen LogP contribution in [0.1, 0.15) is 24.7 Å². The number of hydrogen-bond donors (Lipinski definition) is 2. The minimum absolute atomic E-state index is 0.678. The van der Waals surface area contributed by atoms with Gasteiger partial charge in [0.15, 0.2) is 5.11 Å². The van der Waals surface area contributed by atoms with E-state index in [1.54, 1.807) is 0 Å². The Labute approximate surface area is 96.3 Å². The molecule has 0 aliphatic rings. The molecule has 0 fully saturated rings. The van der Waals surface area contributed by atoms with E-state index in [-0.39, 0.29) is 0 Å². The van der Waals surface area contributed by atoms with Gasteiger partial charge in [-0.25, -0.2) is 0 Å². The first kappa shape index (κ1) is 11.9. The third-order valence-corrected chi connectivity index (χ3v) is 2.20. The van der Waals surface area contributed by atoms with Crippen LogP contribution in [-0.4, -0.2) is 16.6 Å². The van der Waals surface area contributed by atoms with Gasteiger partial charge in [0.2, 0.25) is 0 Å². The van der Waals surface area contributed by atoms with E-state index in [1.165, 1.54) is 0 Å². The Balaban J connectivity index is 2.33. The minimum atomic E-state index is 0.678. The van der Waals surface area contributed by atoms with Crippen LogP contribution >= 0.6 is 12.2 Å². The van der Waals surface area contributed by atoms with Gasteiger partial charge in [0, 0.05) is 12.2 Å². The summed E-state index contributed by atoms with van der Waals surface area (Å²) in [5, 5.41) is 6.92. The number of hydrogen-bond acceptors (Lipinski definition) is 2. The lowest BCUT2D eigenvalue weighted by atomic mass is 10.3. The average molecular weight is 223 g/mol. The van der Waals surface area contributed by atoms with Crippen molar-refractivity contribution < 1.29 is 0 Å². The predicted octanol–water partition coefficient (Wildman–Crippen LogP) is 1.76. The summed E-state index contributed by atoms with van der Waals surface area (Å²) in [6.07, 6.45) is 1.07. The van der Waals surface area contributed by atoms with Crippen molar-refractivity contribution in [1.29, 1.82) is 0 Å². The summed E-state index contributed by atoms with van der Waals surface area (Å²) >= 11 is 5.10. The van der Waals surface area contributed by atoms with Crippen molar-refractivity contribution in [1.82, 2.24) is 15.6 Å². The molecule has 4 heteroatoms. The van der Waals surface area contributed by atoms with Crippen LogP contribution in [0.4, 0.5) is 0 Å². The SMILES string of the molecule is CCCNC(=S)NCc1cccc(C)n1. The van der Waals surface area contributed by atoms with Gasteiger partial charge in [-0.05, 0) is 37.7 Å². The van der Waals surface area contributed by atoms with Crippen LogP contribution < -0.4 is 10.6 Å². The van der Waals surface area contributed by atoms with Gasteiger partial charge >= 0.3 is 0 Å². The van der Waals surface area contributed by atoms with E-state index in [4.69, 9.17) is 12.2 Å². The summed E-state index contributed by atoms with van der Waals surface area (Å²) in [6, 6.07) is 5.97. The Morgan fingerprint density at radius 1 is 1.40 bits per heavy atom. The van der Waals surface area contributed by atoms with Crippen LogP contribution in [-0.2, 0) is 6.54 Å². The molecule has 0 bridgehead atoms. The van der Waals surface area contributed by atoms with Gasteiger partial charge < -0.3 is 10.6 Å². The van der Waals surface area contributed by atoms with Crippen molar-refractivity contribution in [3.05, 3.63) is 29.6 Å². The lowest BCUT2D eigenvalue weighted by Gasteiger charge is -2.09. The summed E-state index contributed by atoms with van der Waals surface area (Å²) in [5.74, 6) is 0. The van der Waals surface area contributed by atoms with Crippen molar-refractivity contribution in [2.45, 2.75) is 26.8 Å². The van der Waals surface area contributed by atoms with Crippen LogP contribution in [0, 0.1) is 6.92 Å². The second kappa shape index (κ2) is 6.35. The molecule has 1 aromatic heterocycles. The van der Waals surface area contributed by atoms with E-state index in [2.05, 4.69) is 22.5 Å². The highest BCUT2D eigenvalue weighted by Crippen LogP contribution is 1.97. The Morgan fingerprint density at radius 3 is 2.87 bits per heavy atom. The first-order valence-electron chi connectivity index (χ1n) is 5.16. The fraction of sp³-hybridized carbons (Fsp3) is 0.455. The minimum Gasteiger partial charge on any atom is -0.363 e. The zero-order valence-corrected chi connectivity index (χ0v) is 10.0. The zero-order valence-electron chi connectivity index (χ0n) is 9.21. The van der Waals surface area contributed by atoms with E-state index in [0.29, 0.717) is 11.7 Å². The second-order valence-electron chi connectivity index (χ2n) is 3.38. The molecule has 0 atom stereocenters. The molecular formula is C11H17N3S. The summed E-state index contributed by atoms with van der Waals surface area (Å²) < 4.78 is 0. The molecule has 0 radical (unpaired) electrons. The van der Waals surface area contributed by atoms with Gasteiger partial charge in [-0.2, -0.15) is 0 Å². The molecule has 1 heterocycles. The molecule has 0 aliphatic carbocycles. The third-order valence-electron chi connectivity index (χ3n) is 1.91. The molecule has 0 unspecified atom stereocenters. The predicted molar refractivity (Wildman–Crippen MR) is 66.7 cm³/mol. The molecule has 82 valence electrons. The van der Waals surface area contributed by atoms with Gasteiger partial charge in [0.1, 0.15) is 0 Å². The molecule has 1 aromatic rings. The van der Waals surface area contributed by atoms with Crippen molar-refractivity contribution in [2.75, 3.05) is 6.54 Å². The molecular weight excluding hydrogens is 206 g/mol. The number of aryl methyl sites for hydroxylation is 1. The van der Waals surface area contributed by atoms with Crippen LogP contribution in [0.25, 0.3) is 0 Å². The zero-order chi connectivity index (χ0) is 11.1. The highest BCUT2D eigenvalue weighted by molar-refractivity contribution is 7.80. The highest BCUT2D eigenvalue weighted by Gasteiger charge is 1.96. The maximum atomic E-state index is 5.10. The number of nitrogens with zero attached hydrogens (tertiary/aromatic N) is 1. The first-order chi connectivity index (χ1) is 7.22. The molecule has 15 heavy (non-hydrogen) atoms. The fourth-order valence-electron chi connectivity index (χ4n) is 1.17. The summed E-state index contributed by atoms with van der Waals surface area (Å²) in [5.41, 5.74) is 2.04. The third kappa shape index (κ3) is 4.74. The first-order valence-corrected chi connectivity index (χ1v) is 5.57. The number of nitrogens with one attached hydrogen (secondary N) is 2. The monoisotopic (exact) mass is 223 g/mol. The Kier molecular flexibility index (Phi) is 5.04. The van der Waals surface area contributed by atoms with Crippen molar-refractivity contribution in [2.24, 2.45) is 0 Å². The van der Waals surface area contributed by atoms with Gasteiger partial charge in [-0.15, -0.1) is 0 Å². The van der Waals surface area contributed by atoms with Gasteiger partial charge in [-0.3, -0.25) is 4.98 Å². The molecule has 0 saturated heterocycles. The lowest BCUT2D eigenvalue weighted by molar-refractivity contribution is 0.788. The maximum Gasteiger partial charge on any atom is 0.166 e. The number of rotatable bonds is 4. The molecule has 1 rings (SSSR count). The van der Waals surface area contributed by atoms with E-state index < -0.39 is 0 Å². The van der Waals surface area contributed by atoms with Crippen LogP contribution in [0.2, 0.25) is 0 Å². The lowest BCUT2D eigenvalue weighted by Crippen LogP contribution is -2.35. The standard InChI is InChI=1S/C11H17N3S/c1-3-7-12-11(15)13-8-10-6-4-5-9(2)14-10/h4-6H,3,7-8H2,1-2H3,(H2,12,13,15).